The third-order valence-corrected chi connectivity index (χ3v) is 3.26. The fourth-order valence-corrected chi connectivity index (χ4v) is 2.30. The lowest BCUT2D eigenvalue weighted by Gasteiger charge is -2.23. The Bertz CT molecular complexity index is 344. The SMILES string of the molecule is Cc1nc(C(=O)NC2CCCNC2)cs1. The van der Waals surface area contributed by atoms with Gasteiger partial charge in [0, 0.05) is 18.0 Å². The second-order valence-corrected chi connectivity index (χ2v) is 4.83. The molecule has 2 rings (SSSR count). The minimum atomic E-state index is -0.0481. The largest absolute Gasteiger partial charge is 0.347 e. The lowest BCUT2D eigenvalue weighted by molar-refractivity contribution is 0.0926. The van der Waals surface area contributed by atoms with Gasteiger partial charge in [-0.3, -0.25) is 4.79 Å². The van der Waals surface area contributed by atoms with Crippen molar-refractivity contribution in [2.24, 2.45) is 0 Å². The highest BCUT2D eigenvalue weighted by atomic mass is 32.1. The Morgan fingerprint density at radius 2 is 2.60 bits per heavy atom. The van der Waals surface area contributed by atoms with Gasteiger partial charge in [0.15, 0.2) is 0 Å². The van der Waals surface area contributed by atoms with E-state index in [0.717, 1.165) is 30.9 Å². The standard InChI is InChI=1S/C10H15N3OS/c1-7-12-9(6-15-7)10(14)13-8-3-2-4-11-5-8/h6,8,11H,2-5H2,1H3,(H,13,14). The zero-order valence-corrected chi connectivity index (χ0v) is 9.56. The summed E-state index contributed by atoms with van der Waals surface area (Å²) in [6.45, 7) is 3.83. The van der Waals surface area contributed by atoms with E-state index in [0.29, 0.717) is 5.69 Å². The maximum Gasteiger partial charge on any atom is 0.271 e. The number of hydrogen-bond donors (Lipinski definition) is 2. The quantitative estimate of drug-likeness (QED) is 0.787. The molecule has 1 aliphatic rings. The molecule has 0 bridgehead atoms. The van der Waals surface area contributed by atoms with Crippen LogP contribution in [-0.2, 0) is 0 Å². The molecule has 1 amide bonds. The van der Waals surface area contributed by atoms with Gasteiger partial charge in [-0.05, 0) is 26.3 Å². The Hall–Kier alpha value is -0.940. The lowest BCUT2D eigenvalue weighted by atomic mass is 10.1. The predicted molar refractivity (Wildman–Crippen MR) is 60.2 cm³/mol. The number of thiazole rings is 1. The van der Waals surface area contributed by atoms with Crippen molar-refractivity contribution in [2.75, 3.05) is 13.1 Å². The van der Waals surface area contributed by atoms with Gasteiger partial charge in [0.2, 0.25) is 0 Å². The molecule has 2 N–H and O–H groups in total. The highest BCUT2D eigenvalue weighted by Gasteiger charge is 2.17. The Morgan fingerprint density at radius 3 is 3.20 bits per heavy atom. The molecule has 1 aliphatic heterocycles. The monoisotopic (exact) mass is 225 g/mol. The molecular weight excluding hydrogens is 210 g/mol. The minimum Gasteiger partial charge on any atom is -0.347 e. The molecule has 1 aromatic heterocycles. The van der Waals surface area contributed by atoms with Gasteiger partial charge in [-0.2, -0.15) is 0 Å². The van der Waals surface area contributed by atoms with Crippen LogP contribution in [0.15, 0.2) is 5.38 Å². The second-order valence-electron chi connectivity index (χ2n) is 3.77. The van der Waals surface area contributed by atoms with Crippen LogP contribution in [-0.4, -0.2) is 30.0 Å². The zero-order valence-electron chi connectivity index (χ0n) is 8.75. The predicted octanol–water partition coefficient (Wildman–Crippen LogP) is 0.933. The van der Waals surface area contributed by atoms with Gasteiger partial charge in [0.25, 0.3) is 5.91 Å². The molecule has 1 fully saturated rings. The average molecular weight is 225 g/mol. The number of aromatic nitrogens is 1. The Kier molecular flexibility index (Phi) is 3.33. The van der Waals surface area contributed by atoms with E-state index in [1.54, 1.807) is 5.38 Å². The van der Waals surface area contributed by atoms with E-state index in [1.165, 1.54) is 11.3 Å². The molecule has 1 atom stereocenters. The van der Waals surface area contributed by atoms with Crippen LogP contribution in [0.5, 0.6) is 0 Å². The summed E-state index contributed by atoms with van der Waals surface area (Å²) in [6, 6.07) is 0.258. The summed E-state index contributed by atoms with van der Waals surface area (Å²) >= 11 is 1.51. The van der Waals surface area contributed by atoms with Crippen LogP contribution in [0.2, 0.25) is 0 Å². The molecule has 1 aromatic rings. The molecule has 82 valence electrons. The molecule has 5 heteroatoms. The number of nitrogens with zero attached hydrogens (tertiary/aromatic N) is 1. The normalized spacial score (nSPS) is 21.3. The van der Waals surface area contributed by atoms with Crippen LogP contribution in [0.1, 0.15) is 28.3 Å². The number of rotatable bonds is 2. The van der Waals surface area contributed by atoms with Gasteiger partial charge in [-0.15, -0.1) is 11.3 Å². The van der Waals surface area contributed by atoms with E-state index in [9.17, 15) is 4.79 Å². The first-order chi connectivity index (χ1) is 7.25. The molecule has 1 unspecified atom stereocenters. The molecule has 2 heterocycles. The Balaban J connectivity index is 1.91. The fourth-order valence-electron chi connectivity index (χ4n) is 1.70. The van der Waals surface area contributed by atoms with Gasteiger partial charge < -0.3 is 10.6 Å². The van der Waals surface area contributed by atoms with Gasteiger partial charge in [0.05, 0.1) is 5.01 Å². The number of amides is 1. The van der Waals surface area contributed by atoms with Gasteiger partial charge >= 0.3 is 0 Å². The summed E-state index contributed by atoms with van der Waals surface area (Å²) < 4.78 is 0. The molecule has 0 aromatic carbocycles. The van der Waals surface area contributed by atoms with Gasteiger partial charge in [-0.1, -0.05) is 0 Å². The Morgan fingerprint density at radius 1 is 1.73 bits per heavy atom. The van der Waals surface area contributed by atoms with Crippen LogP contribution in [0.3, 0.4) is 0 Å². The maximum absolute atomic E-state index is 11.7. The van der Waals surface area contributed by atoms with E-state index in [-0.39, 0.29) is 11.9 Å². The molecule has 0 aliphatic carbocycles. The van der Waals surface area contributed by atoms with E-state index < -0.39 is 0 Å². The fraction of sp³-hybridized carbons (Fsp3) is 0.600. The first-order valence-corrected chi connectivity index (χ1v) is 6.07. The summed E-state index contributed by atoms with van der Waals surface area (Å²) in [5, 5.41) is 8.99. The summed E-state index contributed by atoms with van der Waals surface area (Å²) in [5.74, 6) is -0.0481. The van der Waals surface area contributed by atoms with Crippen molar-refractivity contribution in [3.05, 3.63) is 16.1 Å². The highest BCUT2D eigenvalue weighted by molar-refractivity contribution is 7.09. The number of piperidine rings is 1. The van der Waals surface area contributed by atoms with Crippen LogP contribution in [0.25, 0.3) is 0 Å². The average Bonchev–Trinajstić information content (AvgIpc) is 2.66. The van der Waals surface area contributed by atoms with Gasteiger partial charge in [0.1, 0.15) is 5.69 Å². The minimum absolute atomic E-state index is 0.0481. The van der Waals surface area contributed by atoms with Crippen molar-refractivity contribution in [3.8, 4) is 0 Å². The van der Waals surface area contributed by atoms with E-state index in [4.69, 9.17) is 0 Å². The molecule has 4 nitrogen and oxygen atoms in total. The molecule has 0 saturated carbocycles. The van der Waals surface area contributed by atoms with Gasteiger partial charge in [-0.25, -0.2) is 4.98 Å². The molecule has 0 spiro atoms. The van der Waals surface area contributed by atoms with E-state index in [2.05, 4.69) is 15.6 Å². The third-order valence-electron chi connectivity index (χ3n) is 2.48. The van der Waals surface area contributed by atoms with Crippen LogP contribution >= 0.6 is 11.3 Å². The summed E-state index contributed by atoms with van der Waals surface area (Å²) in [5.41, 5.74) is 0.545. The molecular formula is C10H15N3OS. The van der Waals surface area contributed by atoms with Crippen molar-refractivity contribution in [1.29, 1.82) is 0 Å². The first-order valence-electron chi connectivity index (χ1n) is 5.19. The number of aryl methyl sites for hydroxylation is 1. The second kappa shape index (κ2) is 4.72. The summed E-state index contributed by atoms with van der Waals surface area (Å²) in [7, 11) is 0. The van der Waals surface area contributed by atoms with Crippen molar-refractivity contribution < 1.29 is 4.79 Å². The summed E-state index contributed by atoms with van der Waals surface area (Å²) in [6.07, 6.45) is 2.18. The molecule has 0 radical (unpaired) electrons. The Labute approximate surface area is 93.1 Å². The number of carbonyl (C=O) groups excluding carboxylic acids is 1. The third kappa shape index (κ3) is 2.76. The molecule has 15 heavy (non-hydrogen) atoms. The highest BCUT2D eigenvalue weighted by Crippen LogP contribution is 2.09. The molecule has 1 saturated heterocycles. The van der Waals surface area contributed by atoms with Crippen molar-refractivity contribution >= 4 is 17.2 Å². The van der Waals surface area contributed by atoms with Crippen molar-refractivity contribution in [2.45, 2.75) is 25.8 Å². The van der Waals surface area contributed by atoms with Crippen LogP contribution in [0.4, 0.5) is 0 Å². The lowest BCUT2D eigenvalue weighted by Crippen LogP contribution is -2.45. The van der Waals surface area contributed by atoms with Crippen LogP contribution in [0, 0.1) is 6.92 Å². The smallest absolute Gasteiger partial charge is 0.271 e. The van der Waals surface area contributed by atoms with Crippen LogP contribution < -0.4 is 10.6 Å². The summed E-state index contributed by atoms with van der Waals surface area (Å²) in [4.78, 5) is 15.9. The maximum atomic E-state index is 11.7. The number of hydrogen-bond acceptors (Lipinski definition) is 4. The first kappa shape index (κ1) is 10.6. The van der Waals surface area contributed by atoms with Crippen molar-refractivity contribution in [3.63, 3.8) is 0 Å². The van der Waals surface area contributed by atoms with E-state index in [1.807, 2.05) is 6.92 Å². The van der Waals surface area contributed by atoms with Crippen molar-refractivity contribution in [1.82, 2.24) is 15.6 Å². The zero-order chi connectivity index (χ0) is 10.7. The topological polar surface area (TPSA) is 54.0 Å². The number of nitrogens with one attached hydrogen (secondary N) is 2. The van der Waals surface area contributed by atoms with E-state index >= 15 is 0 Å². The number of carbonyl (C=O) groups is 1.